The van der Waals surface area contributed by atoms with Crippen molar-refractivity contribution in [2.24, 2.45) is 5.92 Å². The molecule has 0 unspecified atom stereocenters. The number of carbonyl (C=O) groups is 2. The number of carboxylic acid groups (broad SMARTS) is 1. The highest BCUT2D eigenvalue weighted by molar-refractivity contribution is 7.99. The molecule has 0 aliphatic heterocycles. The number of rotatable bonds is 5. The van der Waals surface area contributed by atoms with Crippen molar-refractivity contribution < 1.29 is 14.7 Å². The first-order valence-electron chi connectivity index (χ1n) is 5.67. The average molecular weight is 303 g/mol. The summed E-state index contributed by atoms with van der Waals surface area (Å²) in [6.45, 7) is 4.10. The number of thioether (sulfide) groups is 1. The Morgan fingerprint density at radius 3 is 2.58 bits per heavy atom. The van der Waals surface area contributed by atoms with E-state index in [2.05, 4.69) is 23.5 Å². The quantitative estimate of drug-likeness (QED) is 0.817. The summed E-state index contributed by atoms with van der Waals surface area (Å²) in [6.07, 6.45) is 0. The SMILES string of the molecule is CC(C)CSc1nsc(NC(=O)N(C)C)c1C(=O)O. The second-order valence-electron chi connectivity index (χ2n) is 4.53. The molecule has 1 aromatic heterocycles. The molecule has 0 aliphatic carbocycles. The van der Waals surface area contributed by atoms with Crippen LogP contribution < -0.4 is 5.32 Å². The Bertz CT molecular complexity index is 472. The molecule has 0 saturated heterocycles. The number of aromatic carboxylic acids is 1. The van der Waals surface area contributed by atoms with E-state index in [9.17, 15) is 14.7 Å². The third kappa shape index (κ3) is 4.39. The monoisotopic (exact) mass is 303 g/mol. The molecule has 2 N–H and O–H groups in total. The molecule has 0 bridgehead atoms. The van der Waals surface area contributed by atoms with Gasteiger partial charge in [-0.05, 0) is 17.5 Å². The average Bonchev–Trinajstić information content (AvgIpc) is 2.69. The number of urea groups is 1. The van der Waals surface area contributed by atoms with E-state index in [0.717, 1.165) is 17.3 Å². The van der Waals surface area contributed by atoms with Crippen molar-refractivity contribution in [1.82, 2.24) is 9.27 Å². The first kappa shape index (κ1) is 15.8. The van der Waals surface area contributed by atoms with E-state index in [0.29, 0.717) is 10.9 Å². The summed E-state index contributed by atoms with van der Waals surface area (Å²) in [5.74, 6) is 0.146. The van der Waals surface area contributed by atoms with Gasteiger partial charge in [0.1, 0.15) is 15.6 Å². The highest BCUT2D eigenvalue weighted by Crippen LogP contribution is 2.32. The summed E-state index contributed by atoms with van der Waals surface area (Å²) in [7, 11) is 3.18. The maximum atomic E-state index is 11.6. The van der Waals surface area contributed by atoms with Gasteiger partial charge in [0, 0.05) is 19.8 Å². The molecule has 1 heterocycles. The molecular weight excluding hydrogens is 286 g/mol. The molecule has 0 fully saturated rings. The van der Waals surface area contributed by atoms with Gasteiger partial charge in [-0.2, -0.15) is 4.37 Å². The third-order valence-corrected chi connectivity index (χ3v) is 4.34. The van der Waals surface area contributed by atoms with Crippen molar-refractivity contribution in [3.05, 3.63) is 5.56 Å². The number of carbonyl (C=O) groups excluding carboxylic acids is 1. The van der Waals surface area contributed by atoms with Crippen LogP contribution in [-0.2, 0) is 0 Å². The van der Waals surface area contributed by atoms with Crippen molar-refractivity contribution in [2.75, 3.05) is 25.2 Å². The number of anilines is 1. The predicted octanol–water partition coefficient (Wildman–Crippen LogP) is 2.68. The molecule has 6 nitrogen and oxygen atoms in total. The molecule has 0 atom stereocenters. The van der Waals surface area contributed by atoms with Crippen molar-refractivity contribution in [1.29, 1.82) is 0 Å². The summed E-state index contributed by atoms with van der Waals surface area (Å²) in [5.41, 5.74) is 0.0749. The number of hydrogen-bond acceptors (Lipinski definition) is 5. The second-order valence-corrected chi connectivity index (χ2v) is 6.31. The van der Waals surface area contributed by atoms with Crippen LogP contribution in [-0.4, -0.2) is 46.2 Å². The van der Waals surface area contributed by atoms with Gasteiger partial charge in [0.25, 0.3) is 0 Å². The highest BCUT2D eigenvalue weighted by atomic mass is 32.2. The van der Waals surface area contributed by atoms with E-state index in [1.807, 2.05) is 0 Å². The minimum Gasteiger partial charge on any atom is -0.477 e. The van der Waals surface area contributed by atoms with E-state index in [4.69, 9.17) is 0 Å². The van der Waals surface area contributed by atoms with Crippen LogP contribution in [0.15, 0.2) is 5.03 Å². The molecule has 0 radical (unpaired) electrons. The Kier molecular flexibility index (Phi) is 5.61. The van der Waals surface area contributed by atoms with E-state index in [-0.39, 0.29) is 16.6 Å². The lowest BCUT2D eigenvalue weighted by Crippen LogP contribution is -2.27. The van der Waals surface area contributed by atoms with Crippen LogP contribution in [0, 0.1) is 5.92 Å². The molecule has 8 heteroatoms. The number of nitrogens with zero attached hydrogens (tertiary/aromatic N) is 2. The van der Waals surface area contributed by atoms with E-state index in [1.54, 1.807) is 14.1 Å². The maximum absolute atomic E-state index is 11.6. The zero-order valence-corrected chi connectivity index (χ0v) is 12.9. The number of nitrogens with one attached hydrogen (secondary N) is 1. The lowest BCUT2D eigenvalue weighted by molar-refractivity contribution is 0.0694. The fourth-order valence-corrected chi connectivity index (χ4v) is 2.99. The van der Waals surface area contributed by atoms with Crippen molar-refractivity contribution in [3.63, 3.8) is 0 Å². The van der Waals surface area contributed by atoms with Gasteiger partial charge in [0.2, 0.25) is 0 Å². The first-order chi connectivity index (χ1) is 8.82. The van der Waals surface area contributed by atoms with E-state index < -0.39 is 5.97 Å². The number of hydrogen-bond donors (Lipinski definition) is 2. The minimum atomic E-state index is -1.07. The molecule has 1 rings (SSSR count). The molecular formula is C11H17N3O3S2. The van der Waals surface area contributed by atoms with Gasteiger partial charge in [-0.25, -0.2) is 9.59 Å². The summed E-state index contributed by atoms with van der Waals surface area (Å²) in [5, 5.41) is 12.5. The predicted molar refractivity (Wildman–Crippen MR) is 77.3 cm³/mol. The van der Waals surface area contributed by atoms with Gasteiger partial charge in [-0.15, -0.1) is 11.8 Å². The lowest BCUT2D eigenvalue weighted by Gasteiger charge is -2.10. The Labute approximate surface area is 120 Å². The van der Waals surface area contributed by atoms with Crippen LogP contribution in [0.3, 0.4) is 0 Å². The van der Waals surface area contributed by atoms with E-state index >= 15 is 0 Å². The summed E-state index contributed by atoms with van der Waals surface area (Å²) >= 11 is 2.38. The smallest absolute Gasteiger partial charge is 0.341 e. The van der Waals surface area contributed by atoms with Gasteiger partial charge in [0.15, 0.2) is 0 Å². The van der Waals surface area contributed by atoms with Crippen LogP contribution in [0.4, 0.5) is 9.80 Å². The Hall–Kier alpha value is -1.28. The van der Waals surface area contributed by atoms with Crippen LogP contribution in [0.2, 0.25) is 0 Å². The molecule has 2 amide bonds. The zero-order chi connectivity index (χ0) is 14.6. The molecule has 0 aliphatic rings. The summed E-state index contributed by atoms with van der Waals surface area (Å²) in [4.78, 5) is 24.2. The number of carboxylic acids is 1. The van der Waals surface area contributed by atoms with Gasteiger partial charge >= 0.3 is 12.0 Å². The lowest BCUT2D eigenvalue weighted by atomic mass is 10.3. The minimum absolute atomic E-state index is 0.0749. The maximum Gasteiger partial charge on any atom is 0.341 e. The van der Waals surface area contributed by atoms with Gasteiger partial charge in [-0.1, -0.05) is 13.8 Å². The summed E-state index contributed by atoms with van der Waals surface area (Å²) < 4.78 is 4.11. The molecule has 0 saturated carbocycles. The van der Waals surface area contributed by atoms with Crippen LogP contribution in [0.5, 0.6) is 0 Å². The number of aromatic nitrogens is 1. The van der Waals surface area contributed by atoms with E-state index in [1.165, 1.54) is 16.7 Å². The second kappa shape index (κ2) is 6.76. The van der Waals surface area contributed by atoms with Crippen molar-refractivity contribution >= 4 is 40.3 Å². The Morgan fingerprint density at radius 2 is 2.11 bits per heavy atom. The molecule has 106 valence electrons. The fraction of sp³-hybridized carbons (Fsp3) is 0.545. The number of amides is 2. The van der Waals surface area contributed by atoms with Crippen LogP contribution in [0.1, 0.15) is 24.2 Å². The largest absolute Gasteiger partial charge is 0.477 e. The highest BCUT2D eigenvalue weighted by Gasteiger charge is 2.22. The molecule has 1 aromatic rings. The fourth-order valence-electron chi connectivity index (χ4n) is 1.10. The Balaban J connectivity index is 2.93. The Morgan fingerprint density at radius 1 is 1.47 bits per heavy atom. The standard InChI is InChI=1S/C11H17N3O3S2/c1-6(2)5-18-9-7(10(15)16)8(19-13-9)12-11(17)14(3)4/h6H,5H2,1-4H3,(H,12,17)(H,15,16). The first-order valence-corrected chi connectivity index (χ1v) is 7.42. The van der Waals surface area contributed by atoms with Gasteiger partial charge in [-0.3, -0.25) is 5.32 Å². The van der Waals surface area contributed by atoms with Crippen molar-refractivity contribution in [3.8, 4) is 0 Å². The molecule has 0 spiro atoms. The molecule has 0 aromatic carbocycles. The zero-order valence-electron chi connectivity index (χ0n) is 11.3. The third-order valence-electron chi connectivity index (χ3n) is 2.05. The normalized spacial score (nSPS) is 10.6. The van der Waals surface area contributed by atoms with Crippen LogP contribution >= 0.6 is 23.3 Å². The van der Waals surface area contributed by atoms with Gasteiger partial charge < -0.3 is 10.0 Å². The summed E-state index contributed by atoms with van der Waals surface area (Å²) in [6, 6.07) is -0.369. The molecule has 19 heavy (non-hydrogen) atoms. The van der Waals surface area contributed by atoms with Crippen LogP contribution in [0.25, 0.3) is 0 Å². The topological polar surface area (TPSA) is 82.5 Å². The van der Waals surface area contributed by atoms with Gasteiger partial charge in [0.05, 0.1) is 0 Å². The van der Waals surface area contributed by atoms with Crippen molar-refractivity contribution in [2.45, 2.75) is 18.9 Å².